The molecule has 1 aliphatic heterocycles. The van der Waals surface area contributed by atoms with Gasteiger partial charge in [-0.25, -0.2) is 0 Å². The molecule has 100 valence electrons. The molecule has 1 saturated heterocycles. The van der Waals surface area contributed by atoms with E-state index in [0.29, 0.717) is 6.10 Å². The second-order valence-corrected chi connectivity index (χ2v) is 5.12. The average molecular weight is 248 g/mol. The zero-order chi connectivity index (χ0) is 12.8. The molecule has 0 aromatic heterocycles. The normalized spacial score (nSPS) is 17.9. The van der Waals surface area contributed by atoms with Crippen LogP contribution in [0.15, 0.2) is 24.3 Å². The highest BCUT2D eigenvalue weighted by atomic mass is 16.5. The van der Waals surface area contributed by atoms with Crippen LogP contribution in [0.25, 0.3) is 0 Å². The van der Waals surface area contributed by atoms with Crippen LogP contribution in [0.5, 0.6) is 5.75 Å². The molecule has 0 unspecified atom stereocenters. The first-order chi connectivity index (χ1) is 8.79. The molecule has 2 N–H and O–H groups in total. The van der Waals surface area contributed by atoms with Gasteiger partial charge < -0.3 is 15.4 Å². The van der Waals surface area contributed by atoms with Gasteiger partial charge in [-0.3, -0.25) is 0 Å². The Morgan fingerprint density at radius 1 is 1.28 bits per heavy atom. The minimum absolute atomic E-state index is 0.375. The molecule has 0 atom stereocenters. The molecule has 0 radical (unpaired) electrons. The van der Waals surface area contributed by atoms with Crippen molar-refractivity contribution in [3.05, 3.63) is 29.8 Å². The smallest absolute Gasteiger partial charge is 0.122 e. The van der Waals surface area contributed by atoms with E-state index in [4.69, 9.17) is 10.5 Å². The Bertz CT molecular complexity index is 359. The van der Waals surface area contributed by atoms with Gasteiger partial charge in [-0.05, 0) is 50.9 Å². The third-order valence-corrected chi connectivity index (χ3v) is 3.58. The van der Waals surface area contributed by atoms with Gasteiger partial charge in [0.25, 0.3) is 0 Å². The predicted molar refractivity (Wildman–Crippen MR) is 75.0 cm³/mol. The van der Waals surface area contributed by atoms with Crippen molar-refractivity contribution in [2.75, 3.05) is 26.7 Å². The summed E-state index contributed by atoms with van der Waals surface area (Å²) >= 11 is 0. The Balaban J connectivity index is 1.95. The molecule has 0 spiro atoms. The van der Waals surface area contributed by atoms with Crippen LogP contribution < -0.4 is 10.5 Å². The first kappa shape index (κ1) is 13.4. The summed E-state index contributed by atoms with van der Waals surface area (Å²) in [5, 5.41) is 0. The topological polar surface area (TPSA) is 38.5 Å². The molecule has 3 heteroatoms. The molecule has 3 nitrogen and oxygen atoms in total. The van der Waals surface area contributed by atoms with Gasteiger partial charge in [0.05, 0.1) is 0 Å². The molecular formula is C15H24N2O. The summed E-state index contributed by atoms with van der Waals surface area (Å²) in [4.78, 5) is 2.36. The van der Waals surface area contributed by atoms with E-state index in [1.54, 1.807) is 0 Å². The van der Waals surface area contributed by atoms with E-state index in [1.807, 2.05) is 0 Å². The lowest BCUT2D eigenvalue weighted by atomic mass is 10.1. The number of nitrogens with two attached hydrogens (primary N) is 1. The molecule has 1 aliphatic rings. The summed E-state index contributed by atoms with van der Waals surface area (Å²) < 4.78 is 6.16. The molecule has 1 heterocycles. The Labute approximate surface area is 110 Å². The summed E-state index contributed by atoms with van der Waals surface area (Å²) in [6, 6.07) is 8.37. The second kappa shape index (κ2) is 6.76. The molecule has 18 heavy (non-hydrogen) atoms. The van der Waals surface area contributed by atoms with Gasteiger partial charge >= 0.3 is 0 Å². The molecule has 0 amide bonds. The molecule has 1 aromatic rings. The second-order valence-electron chi connectivity index (χ2n) is 5.12. The highest BCUT2D eigenvalue weighted by molar-refractivity contribution is 5.33. The average Bonchev–Trinajstić information content (AvgIpc) is 2.40. The fraction of sp³-hybridized carbons (Fsp3) is 0.600. The van der Waals surface area contributed by atoms with Gasteiger partial charge in [0.2, 0.25) is 0 Å². The number of rotatable bonds is 5. The maximum absolute atomic E-state index is 6.16. The van der Waals surface area contributed by atoms with Gasteiger partial charge in [0, 0.05) is 13.1 Å². The summed E-state index contributed by atoms with van der Waals surface area (Å²) in [6.07, 6.45) is 4.66. The molecule has 0 saturated carbocycles. The van der Waals surface area contributed by atoms with Crippen LogP contribution in [0.3, 0.4) is 0 Å². The van der Waals surface area contributed by atoms with E-state index < -0.39 is 0 Å². The number of piperidine rings is 1. The first-order valence-electron chi connectivity index (χ1n) is 6.93. The van der Waals surface area contributed by atoms with Crippen molar-refractivity contribution in [2.24, 2.45) is 5.73 Å². The molecule has 2 rings (SSSR count). The molecule has 1 aromatic carbocycles. The summed E-state index contributed by atoms with van der Waals surface area (Å²) in [7, 11) is 2.17. The van der Waals surface area contributed by atoms with Crippen molar-refractivity contribution in [1.29, 1.82) is 0 Å². The van der Waals surface area contributed by atoms with Gasteiger partial charge in [-0.1, -0.05) is 18.2 Å². The van der Waals surface area contributed by atoms with Gasteiger partial charge in [-0.15, -0.1) is 0 Å². The number of hydrogen-bond donors (Lipinski definition) is 1. The highest BCUT2D eigenvalue weighted by Gasteiger charge is 2.18. The number of aryl methyl sites for hydroxylation is 1. The summed E-state index contributed by atoms with van der Waals surface area (Å²) in [5.41, 5.74) is 6.87. The zero-order valence-corrected chi connectivity index (χ0v) is 11.3. The van der Waals surface area contributed by atoms with Crippen molar-refractivity contribution < 1.29 is 4.74 Å². The Morgan fingerprint density at radius 3 is 2.72 bits per heavy atom. The summed E-state index contributed by atoms with van der Waals surface area (Å²) in [6.45, 7) is 3.01. The summed E-state index contributed by atoms with van der Waals surface area (Å²) in [5.74, 6) is 1.06. The van der Waals surface area contributed by atoms with Gasteiger partial charge in [0.15, 0.2) is 0 Å². The zero-order valence-electron chi connectivity index (χ0n) is 11.3. The van der Waals surface area contributed by atoms with Crippen molar-refractivity contribution >= 4 is 0 Å². The number of nitrogens with zero attached hydrogens (tertiary/aromatic N) is 1. The van der Waals surface area contributed by atoms with Gasteiger partial charge in [-0.2, -0.15) is 0 Å². The number of benzene rings is 1. The van der Waals surface area contributed by atoms with Crippen LogP contribution >= 0.6 is 0 Å². The molecule has 1 fully saturated rings. The number of para-hydroxylation sites is 1. The van der Waals surface area contributed by atoms with Crippen LogP contribution in [-0.4, -0.2) is 37.7 Å². The van der Waals surface area contributed by atoms with E-state index in [2.05, 4.69) is 36.2 Å². The monoisotopic (exact) mass is 248 g/mol. The Hall–Kier alpha value is -1.06. The van der Waals surface area contributed by atoms with Crippen LogP contribution in [0, 0.1) is 0 Å². The quantitative estimate of drug-likeness (QED) is 0.866. The molecule has 0 bridgehead atoms. The third-order valence-electron chi connectivity index (χ3n) is 3.58. The number of likely N-dealkylation sites (tertiary alicyclic amines) is 1. The molecular weight excluding hydrogens is 224 g/mol. The first-order valence-corrected chi connectivity index (χ1v) is 6.93. The number of ether oxygens (including phenoxy) is 1. The lowest BCUT2D eigenvalue weighted by molar-refractivity contribution is 0.113. The lowest BCUT2D eigenvalue weighted by Gasteiger charge is -2.30. The number of hydrogen-bond acceptors (Lipinski definition) is 3. The maximum Gasteiger partial charge on any atom is 0.122 e. The van der Waals surface area contributed by atoms with Crippen LogP contribution in [0.2, 0.25) is 0 Å². The standard InChI is InChI=1S/C15H24N2O/c1-17-11-8-14(9-12-17)18-15-7-3-2-5-13(15)6-4-10-16/h2-3,5,7,14H,4,6,8-12,16H2,1H3. The van der Waals surface area contributed by atoms with Crippen LogP contribution in [0.4, 0.5) is 0 Å². The fourth-order valence-electron chi connectivity index (χ4n) is 2.40. The third kappa shape index (κ3) is 3.72. The largest absolute Gasteiger partial charge is 0.490 e. The maximum atomic E-state index is 6.16. The fourth-order valence-corrected chi connectivity index (χ4v) is 2.40. The van der Waals surface area contributed by atoms with Gasteiger partial charge in [0.1, 0.15) is 11.9 Å². The van der Waals surface area contributed by atoms with Crippen molar-refractivity contribution in [2.45, 2.75) is 31.8 Å². The van der Waals surface area contributed by atoms with E-state index in [0.717, 1.165) is 51.1 Å². The van der Waals surface area contributed by atoms with E-state index in [-0.39, 0.29) is 0 Å². The van der Waals surface area contributed by atoms with E-state index >= 15 is 0 Å². The van der Waals surface area contributed by atoms with Crippen molar-refractivity contribution in [3.63, 3.8) is 0 Å². The highest BCUT2D eigenvalue weighted by Crippen LogP contribution is 2.23. The van der Waals surface area contributed by atoms with Crippen LogP contribution in [-0.2, 0) is 6.42 Å². The van der Waals surface area contributed by atoms with E-state index in [1.165, 1.54) is 5.56 Å². The lowest BCUT2D eigenvalue weighted by Crippen LogP contribution is -2.35. The Morgan fingerprint density at radius 2 is 2.00 bits per heavy atom. The molecule has 0 aliphatic carbocycles. The SMILES string of the molecule is CN1CCC(Oc2ccccc2CCCN)CC1. The van der Waals surface area contributed by atoms with Crippen molar-refractivity contribution in [1.82, 2.24) is 4.90 Å². The minimum atomic E-state index is 0.375. The van der Waals surface area contributed by atoms with Crippen LogP contribution in [0.1, 0.15) is 24.8 Å². The van der Waals surface area contributed by atoms with E-state index in [9.17, 15) is 0 Å². The predicted octanol–water partition coefficient (Wildman–Crippen LogP) is 2.05. The Kier molecular flexibility index (Phi) is 5.02. The van der Waals surface area contributed by atoms with Crippen molar-refractivity contribution in [3.8, 4) is 5.75 Å². The minimum Gasteiger partial charge on any atom is -0.490 e.